The van der Waals surface area contributed by atoms with Crippen molar-refractivity contribution in [1.29, 1.82) is 0 Å². The van der Waals surface area contributed by atoms with Gasteiger partial charge in [0.2, 0.25) is 0 Å². The Bertz CT molecular complexity index is 394. The van der Waals surface area contributed by atoms with Gasteiger partial charge in [0.05, 0.1) is 12.2 Å². The molecule has 0 aliphatic heterocycles. The number of aliphatic hydroxyl groups is 1. The third-order valence-corrected chi connectivity index (χ3v) is 2.45. The molecule has 1 heterocycles. The summed E-state index contributed by atoms with van der Waals surface area (Å²) in [6.07, 6.45) is 0.832. The standard InChI is InChI=1S/C12H17ClN2O2/c1-8(2)7-9-3-4-10(11(13)15-9)12(17)14-5-6-16/h3-4,8,16H,5-7H2,1-2H3,(H,14,17). The SMILES string of the molecule is CC(C)Cc1ccc(C(=O)NCCO)c(Cl)n1. The quantitative estimate of drug-likeness (QED) is 0.788. The van der Waals surface area contributed by atoms with E-state index in [1.807, 2.05) is 0 Å². The summed E-state index contributed by atoms with van der Waals surface area (Å²) in [4.78, 5) is 15.8. The molecule has 0 aliphatic carbocycles. The molecular weight excluding hydrogens is 240 g/mol. The van der Waals surface area contributed by atoms with Crippen LogP contribution >= 0.6 is 11.6 Å². The summed E-state index contributed by atoms with van der Waals surface area (Å²) < 4.78 is 0. The first kappa shape index (κ1) is 13.9. The highest BCUT2D eigenvalue weighted by molar-refractivity contribution is 6.32. The molecule has 1 rings (SSSR count). The van der Waals surface area contributed by atoms with Crippen LogP contribution in [-0.4, -0.2) is 29.1 Å². The van der Waals surface area contributed by atoms with E-state index in [0.717, 1.165) is 12.1 Å². The average Bonchev–Trinajstić information content (AvgIpc) is 2.25. The molecule has 0 unspecified atom stereocenters. The third kappa shape index (κ3) is 4.32. The Hall–Kier alpha value is -1.13. The summed E-state index contributed by atoms with van der Waals surface area (Å²) in [6, 6.07) is 3.47. The maximum atomic E-state index is 11.6. The first-order valence-electron chi connectivity index (χ1n) is 5.59. The van der Waals surface area contributed by atoms with Gasteiger partial charge in [-0.15, -0.1) is 0 Å². The molecule has 94 valence electrons. The second-order valence-electron chi connectivity index (χ2n) is 4.22. The fraction of sp³-hybridized carbons (Fsp3) is 0.500. The van der Waals surface area contributed by atoms with Crippen LogP contribution in [-0.2, 0) is 6.42 Å². The zero-order valence-electron chi connectivity index (χ0n) is 10.0. The molecule has 5 heteroatoms. The van der Waals surface area contributed by atoms with Crippen LogP contribution in [0, 0.1) is 5.92 Å². The van der Waals surface area contributed by atoms with E-state index in [1.54, 1.807) is 12.1 Å². The fourth-order valence-corrected chi connectivity index (χ4v) is 1.70. The molecule has 0 radical (unpaired) electrons. The van der Waals surface area contributed by atoms with Gasteiger partial charge in [-0.2, -0.15) is 0 Å². The third-order valence-electron chi connectivity index (χ3n) is 2.17. The van der Waals surface area contributed by atoms with Gasteiger partial charge in [0.15, 0.2) is 0 Å². The Morgan fingerprint density at radius 3 is 2.76 bits per heavy atom. The number of halogens is 1. The average molecular weight is 257 g/mol. The van der Waals surface area contributed by atoms with Crippen molar-refractivity contribution in [1.82, 2.24) is 10.3 Å². The zero-order chi connectivity index (χ0) is 12.8. The molecule has 0 atom stereocenters. The topological polar surface area (TPSA) is 62.2 Å². The van der Waals surface area contributed by atoms with Crippen molar-refractivity contribution < 1.29 is 9.90 Å². The van der Waals surface area contributed by atoms with Gasteiger partial charge in [-0.1, -0.05) is 25.4 Å². The predicted octanol–water partition coefficient (Wildman–Crippen LogP) is 1.66. The number of nitrogens with one attached hydrogen (secondary N) is 1. The number of aliphatic hydroxyl groups excluding tert-OH is 1. The van der Waals surface area contributed by atoms with Crippen LogP contribution in [0.1, 0.15) is 29.9 Å². The lowest BCUT2D eigenvalue weighted by Gasteiger charge is -2.08. The highest BCUT2D eigenvalue weighted by Crippen LogP contribution is 2.15. The number of carbonyl (C=O) groups is 1. The number of hydrogen-bond acceptors (Lipinski definition) is 3. The maximum Gasteiger partial charge on any atom is 0.254 e. The van der Waals surface area contributed by atoms with E-state index < -0.39 is 0 Å². The van der Waals surface area contributed by atoms with E-state index in [4.69, 9.17) is 16.7 Å². The van der Waals surface area contributed by atoms with Gasteiger partial charge in [0.1, 0.15) is 5.15 Å². The molecule has 1 aromatic heterocycles. The second-order valence-corrected chi connectivity index (χ2v) is 4.58. The van der Waals surface area contributed by atoms with Gasteiger partial charge < -0.3 is 10.4 Å². The lowest BCUT2D eigenvalue weighted by molar-refractivity contribution is 0.0944. The molecule has 0 aliphatic rings. The Morgan fingerprint density at radius 1 is 1.53 bits per heavy atom. The van der Waals surface area contributed by atoms with Gasteiger partial charge >= 0.3 is 0 Å². The van der Waals surface area contributed by atoms with E-state index in [1.165, 1.54) is 0 Å². The summed E-state index contributed by atoms with van der Waals surface area (Å²) in [7, 11) is 0. The Balaban J connectivity index is 2.78. The minimum atomic E-state index is -0.312. The highest BCUT2D eigenvalue weighted by Gasteiger charge is 2.11. The molecule has 0 saturated heterocycles. The molecule has 1 aromatic rings. The van der Waals surface area contributed by atoms with Gasteiger partial charge in [-0.05, 0) is 24.5 Å². The monoisotopic (exact) mass is 256 g/mol. The van der Waals surface area contributed by atoms with Gasteiger partial charge in [0, 0.05) is 12.2 Å². The molecule has 17 heavy (non-hydrogen) atoms. The van der Waals surface area contributed by atoms with E-state index in [0.29, 0.717) is 11.5 Å². The first-order chi connectivity index (χ1) is 8.04. The van der Waals surface area contributed by atoms with Crippen LogP contribution in [0.15, 0.2) is 12.1 Å². The summed E-state index contributed by atoms with van der Waals surface area (Å²) in [5, 5.41) is 11.4. The first-order valence-corrected chi connectivity index (χ1v) is 5.97. The van der Waals surface area contributed by atoms with Crippen LogP contribution < -0.4 is 5.32 Å². The number of carbonyl (C=O) groups excluding carboxylic acids is 1. The van der Waals surface area contributed by atoms with Gasteiger partial charge in [-0.25, -0.2) is 4.98 Å². The summed E-state index contributed by atoms with van der Waals surface area (Å²) in [5.74, 6) is 0.181. The molecule has 1 amide bonds. The Morgan fingerprint density at radius 2 is 2.24 bits per heavy atom. The second kappa shape index (κ2) is 6.57. The molecular formula is C12H17ClN2O2. The minimum absolute atomic E-state index is 0.0950. The Labute approximate surface area is 106 Å². The minimum Gasteiger partial charge on any atom is -0.395 e. The molecule has 0 bridgehead atoms. The molecule has 4 nitrogen and oxygen atoms in total. The van der Waals surface area contributed by atoms with Crippen molar-refractivity contribution in [3.63, 3.8) is 0 Å². The lowest BCUT2D eigenvalue weighted by atomic mass is 10.1. The predicted molar refractivity (Wildman–Crippen MR) is 67.2 cm³/mol. The van der Waals surface area contributed by atoms with E-state index >= 15 is 0 Å². The summed E-state index contributed by atoms with van der Waals surface area (Å²) in [5.41, 5.74) is 1.22. The van der Waals surface area contributed by atoms with E-state index in [-0.39, 0.29) is 24.2 Å². The number of rotatable bonds is 5. The van der Waals surface area contributed by atoms with Crippen molar-refractivity contribution in [2.45, 2.75) is 20.3 Å². The largest absolute Gasteiger partial charge is 0.395 e. The van der Waals surface area contributed by atoms with Crippen molar-refractivity contribution in [3.05, 3.63) is 28.5 Å². The van der Waals surface area contributed by atoms with Crippen LogP contribution in [0.4, 0.5) is 0 Å². The van der Waals surface area contributed by atoms with Crippen LogP contribution in [0.3, 0.4) is 0 Å². The summed E-state index contributed by atoms with van der Waals surface area (Å²) >= 11 is 5.95. The smallest absolute Gasteiger partial charge is 0.254 e. The van der Waals surface area contributed by atoms with Gasteiger partial charge in [-0.3, -0.25) is 4.79 Å². The normalized spacial score (nSPS) is 10.6. The van der Waals surface area contributed by atoms with Crippen molar-refractivity contribution in [2.24, 2.45) is 5.92 Å². The highest BCUT2D eigenvalue weighted by atomic mass is 35.5. The van der Waals surface area contributed by atoms with Crippen molar-refractivity contribution in [2.75, 3.05) is 13.2 Å². The number of hydrogen-bond donors (Lipinski definition) is 2. The van der Waals surface area contributed by atoms with Crippen LogP contribution in [0.25, 0.3) is 0 Å². The lowest BCUT2D eigenvalue weighted by Crippen LogP contribution is -2.26. The van der Waals surface area contributed by atoms with Crippen molar-refractivity contribution >= 4 is 17.5 Å². The molecule has 2 N–H and O–H groups in total. The molecule has 0 fully saturated rings. The van der Waals surface area contributed by atoms with E-state index in [9.17, 15) is 4.79 Å². The number of aromatic nitrogens is 1. The summed E-state index contributed by atoms with van der Waals surface area (Å²) in [6.45, 7) is 4.31. The zero-order valence-corrected chi connectivity index (χ0v) is 10.8. The van der Waals surface area contributed by atoms with Crippen molar-refractivity contribution in [3.8, 4) is 0 Å². The van der Waals surface area contributed by atoms with Gasteiger partial charge in [0.25, 0.3) is 5.91 Å². The van der Waals surface area contributed by atoms with Crippen LogP contribution in [0.2, 0.25) is 5.15 Å². The number of pyridine rings is 1. The fourth-order valence-electron chi connectivity index (χ4n) is 1.44. The van der Waals surface area contributed by atoms with E-state index in [2.05, 4.69) is 24.1 Å². The number of nitrogens with zero attached hydrogens (tertiary/aromatic N) is 1. The molecule has 0 saturated carbocycles. The maximum absolute atomic E-state index is 11.6. The molecule has 0 spiro atoms. The Kier molecular flexibility index (Phi) is 5.38. The molecule has 0 aromatic carbocycles. The van der Waals surface area contributed by atoms with Crippen LogP contribution in [0.5, 0.6) is 0 Å². The number of amides is 1.